The molecule has 284 valence electrons. The molecule has 1 aliphatic rings. The summed E-state index contributed by atoms with van der Waals surface area (Å²) in [4.78, 5) is 2.27. The van der Waals surface area contributed by atoms with Gasteiger partial charge < -0.3 is 18.5 Å². The molecule has 0 N–H and O–H groups in total. The first-order chi connectivity index (χ1) is 30.2. The first-order valence-corrected chi connectivity index (χ1v) is 20.4. The number of para-hydroxylation sites is 4. The number of furan rings is 1. The highest BCUT2D eigenvalue weighted by atomic mass is 16.3. The number of hydrogen-bond acceptors (Lipinski definition) is 4. The number of rotatable bonds is 5. The second kappa shape index (κ2) is 13.5. The summed E-state index contributed by atoms with van der Waals surface area (Å²) in [6.45, 7) is 0. The maximum absolute atomic E-state index is 11.1. The summed E-state index contributed by atoms with van der Waals surface area (Å²) >= 11 is 0. The van der Waals surface area contributed by atoms with Crippen LogP contribution in [0.1, 0.15) is 22.4 Å². The highest BCUT2D eigenvalue weighted by molar-refractivity contribution is 6.24. The molecule has 12 rings (SSSR count). The van der Waals surface area contributed by atoms with Crippen molar-refractivity contribution in [3.05, 3.63) is 204 Å². The monoisotopic (exact) mass is 779 g/mol. The van der Waals surface area contributed by atoms with Crippen molar-refractivity contribution in [1.29, 1.82) is 10.5 Å². The lowest BCUT2D eigenvalue weighted by Gasteiger charge is -2.25. The van der Waals surface area contributed by atoms with Crippen LogP contribution in [0.15, 0.2) is 186 Å². The van der Waals surface area contributed by atoms with Gasteiger partial charge in [0.05, 0.1) is 50.1 Å². The number of nitriles is 2. The molecular weight excluding hydrogens is 747 g/mol. The lowest BCUT2D eigenvalue weighted by atomic mass is 9.97. The van der Waals surface area contributed by atoms with E-state index in [0.29, 0.717) is 22.5 Å². The third-order valence-electron chi connectivity index (χ3n) is 12.2. The van der Waals surface area contributed by atoms with E-state index in [9.17, 15) is 10.5 Å². The number of anilines is 3. The van der Waals surface area contributed by atoms with Crippen molar-refractivity contribution in [2.45, 2.75) is 6.42 Å². The Hall–Kier alpha value is -8.58. The van der Waals surface area contributed by atoms with E-state index in [1.54, 1.807) is 0 Å². The van der Waals surface area contributed by atoms with Gasteiger partial charge in [-0.3, -0.25) is 0 Å². The number of aromatic nitrogens is 2. The van der Waals surface area contributed by atoms with Gasteiger partial charge >= 0.3 is 0 Å². The summed E-state index contributed by atoms with van der Waals surface area (Å²) < 4.78 is 10.8. The van der Waals surface area contributed by atoms with E-state index in [2.05, 4.69) is 160 Å². The Labute approximate surface area is 350 Å². The number of benzene rings is 8. The Balaban J connectivity index is 1.13. The van der Waals surface area contributed by atoms with E-state index in [1.807, 2.05) is 54.6 Å². The van der Waals surface area contributed by atoms with Crippen LogP contribution in [-0.2, 0) is 6.42 Å². The Morgan fingerprint density at radius 3 is 1.89 bits per heavy atom. The molecule has 0 radical (unpaired) electrons. The minimum atomic E-state index is 0.450. The minimum Gasteiger partial charge on any atom is -0.455 e. The molecule has 1 aliphatic carbocycles. The largest absolute Gasteiger partial charge is 0.455 e. The van der Waals surface area contributed by atoms with Crippen LogP contribution in [0.2, 0.25) is 0 Å². The molecular formula is C55H33N5O. The van der Waals surface area contributed by atoms with Crippen LogP contribution in [0.25, 0.3) is 83.2 Å². The molecule has 0 fully saturated rings. The second-order valence-corrected chi connectivity index (χ2v) is 15.5. The lowest BCUT2D eigenvalue weighted by molar-refractivity contribution is 0.673. The van der Waals surface area contributed by atoms with Crippen molar-refractivity contribution in [2.75, 3.05) is 4.90 Å². The summed E-state index contributed by atoms with van der Waals surface area (Å²) in [6, 6.07) is 65.4. The van der Waals surface area contributed by atoms with E-state index < -0.39 is 0 Å². The quantitative estimate of drug-likeness (QED) is 0.174. The van der Waals surface area contributed by atoms with Gasteiger partial charge in [-0.15, -0.1) is 0 Å². The van der Waals surface area contributed by atoms with Crippen molar-refractivity contribution in [3.63, 3.8) is 0 Å². The van der Waals surface area contributed by atoms with Gasteiger partial charge in [0, 0.05) is 44.2 Å². The van der Waals surface area contributed by atoms with Crippen LogP contribution < -0.4 is 4.90 Å². The van der Waals surface area contributed by atoms with Gasteiger partial charge in [0.2, 0.25) is 0 Å². The third-order valence-corrected chi connectivity index (χ3v) is 12.2. The molecule has 3 aromatic heterocycles. The topological polar surface area (TPSA) is 73.8 Å². The van der Waals surface area contributed by atoms with E-state index in [4.69, 9.17) is 4.42 Å². The average molecular weight is 780 g/mol. The van der Waals surface area contributed by atoms with Crippen LogP contribution in [0.3, 0.4) is 0 Å². The van der Waals surface area contributed by atoms with E-state index in [1.165, 1.54) is 5.56 Å². The highest BCUT2D eigenvalue weighted by Crippen LogP contribution is 2.46. The lowest BCUT2D eigenvalue weighted by Crippen LogP contribution is -2.09. The number of allylic oxidation sites excluding steroid dienone is 1. The summed E-state index contributed by atoms with van der Waals surface area (Å²) in [6.07, 6.45) is 5.14. The SMILES string of the molecule is N#Cc1cc(-n2c3ccccc3c3c4oc5ccccc5c4ccc32)c(C#N)cc1-n1c2c(c3cc(N(c4ccccc4)c4ccccc4)ccc31)-c1ccccc1CC=C2. The van der Waals surface area contributed by atoms with Crippen LogP contribution in [0.4, 0.5) is 17.1 Å². The maximum atomic E-state index is 11.1. The first kappa shape index (κ1) is 34.5. The molecule has 0 spiro atoms. The summed E-state index contributed by atoms with van der Waals surface area (Å²) in [5.74, 6) is 0. The van der Waals surface area contributed by atoms with E-state index >= 15 is 0 Å². The second-order valence-electron chi connectivity index (χ2n) is 15.5. The zero-order valence-electron chi connectivity index (χ0n) is 32.7. The summed E-state index contributed by atoms with van der Waals surface area (Å²) in [7, 11) is 0. The average Bonchev–Trinajstić information content (AvgIpc) is 3.92. The van der Waals surface area contributed by atoms with Crippen molar-refractivity contribution in [2.24, 2.45) is 0 Å². The molecule has 0 unspecified atom stereocenters. The molecule has 0 amide bonds. The smallest absolute Gasteiger partial charge is 0.145 e. The molecule has 0 aliphatic heterocycles. The third kappa shape index (κ3) is 5.13. The Bertz CT molecular complexity index is 3660. The van der Waals surface area contributed by atoms with Crippen LogP contribution >= 0.6 is 0 Å². The molecule has 61 heavy (non-hydrogen) atoms. The Kier molecular flexibility index (Phi) is 7.62. The van der Waals surface area contributed by atoms with Crippen LogP contribution in [-0.4, -0.2) is 9.13 Å². The Morgan fingerprint density at radius 1 is 0.508 bits per heavy atom. The van der Waals surface area contributed by atoms with Crippen molar-refractivity contribution < 1.29 is 4.42 Å². The predicted octanol–water partition coefficient (Wildman–Crippen LogP) is 14.1. The molecule has 6 heteroatoms. The van der Waals surface area contributed by atoms with Gasteiger partial charge in [0.15, 0.2) is 0 Å². The number of nitrogens with zero attached hydrogens (tertiary/aromatic N) is 5. The molecule has 6 nitrogen and oxygen atoms in total. The van der Waals surface area contributed by atoms with Gasteiger partial charge in [-0.2, -0.15) is 10.5 Å². The number of fused-ring (bicyclic) bond motifs is 12. The normalized spacial score (nSPS) is 12.1. The van der Waals surface area contributed by atoms with Gasteiger partial charge in [-0.25, -0.2) is 0 Å². The Morgan fingerprint density at radius 2 is 1.13 bits per heavy atom. The maximum Gasteiger partial charge on any atom is 0.145 e. The number of hydrogen-bond donors (Lipinski definition) is 0. The zero-order chi connectivity index (χ0) is 40.6. The van der Waals surface area contributed by atoms with Gasteiger partial charge in [0.25, 0.3) is 0 Å². The molecule has 11 aromatic rings. The fourth-order valence-electron chi connectivity index (χ4n) is 9.60. The van der Waals surface area contributed by atoms with Gasteiger partial charge in [-0.05, 0) is 102 Å². The first-order valence-electron chi connectivity index (χ1n) is 20.4. The predicted molar refractivity (Wildman–Crippen MR) is 247 cm³/mol. The molecule has 8 aromatic carbocycles. The fourth-order valence-corrected chi connectivity index (χ4v) is 9.60. The summed E-state index contributed by atoms with van der Waals surface area (Å²) in [5, 5.41) is 27.3. The van der Waals surface area contributed by atoms with Crippen molar-refractivity contribution in [1.82, 2.24) is 9.13 Å². The van der Waals surface area contributed by atoms with E-state index in [0.717, 1.165) is 95.0 Å². The molecule has 0 saturated heterocycles. The molecule has 3 heterocycles. The van der Waals surface area contributed by atoms with Crippen molar-refractivity contribution in [3.8, 4) is 34.6 Å². The molecule has 0 atom stereocenters. The molecule has 0 bridgehead atoms. The van der Waals surface area contributed by atoms with Gasteiger partial charge in [0.1, 0.15) is 23.3 Å². The summed E-state index contributed by atoms with van der Waals surface area (Å²) in [5.41, 5.74) is 14.1. The van der Waals surface area contributed by atoms with Crippen molar-refractivity contribution >= 4 is 77.8 Å². The van der Waals surface area contributed by atoms with Crippen LogP contribution in [0.5, 0.6) is 0 Å². The van der Waals surface area contributed by atoms with E-state index in [-0.39, 0.29) is 0 Å². The molecule has 0 saturated carbocycles. The standard InChI is InChI=1S/C55H33N5O/c56-33-36-31-51(37(34-57)30-50(36)59-46-23-11-9-22-44(46)54-49(59)29-27-43-42-21-10-12-25-52(42)61-55(43)54)60-47-28-26-40(58(38-16-3-1-4-17-38)39-18-5-2-6-19-39)32-45(47)53-41-20-8-7-14-35(41)15-13-24-48(53)60/h1-14,16-32H,15H2. The fraction of sp³-hybridized carbons (Fsp3) is 0.0182. The van der Waals surface area contributed by atoms with Crippen LogP contribution in [0, 0.1) is 22.7 Å². The minimum absolute atomic E-state index is 0.450. The van der Waals surface area contributed by atoms with Gasteiger partial charge in [-0.1, -0.05) is 103 Å². The zero-order valence-corrected chi connectivity index (χ0v) is 32.7. The highest BCUT2D eigenvalue weighted by Gasteiger charge is 2.27.